The van der Waals surface area contributed by atoms with Crippen molar-refractivity contribution in [2.45, 2.75) is 11.3 Å². The second-order valence-electron chi connectivity index (χ2n) is 7.19. The van der Waals surface area contributed by atoms with Crippen LogP contribution in [0, 0.1) is 0 Å². The number of fused-ring (bicyclic) bond motifs is 1. The number of aliphatic hydroxyl groups is 1. The molecule has 0 amide bonds. The molecule has 0 unspecified atom stereocenters. The lowest BCUT2D eigenvalue weighted by molar-refractivity contribution is 0.306. The van der Waals surface area contributed by atoms with Gasteiger partial charge in [0.25, 0.3) is 0 Å². The van der Waals surface area contributed by atoms with Gasteiger partial charge in [-0.25, -0.2) is 15.0 Å². The van der Waals surface area contributed by atoms with Crippen LogP contribution in [0.15, 0.2) is 53.1 Å². The van der Waals surface area contributed by atoms with E-state index in [-0.39, 0.29) is 6.61 Å². The number of aliphatic hydroxyl groups excluding tert-OH is 1. The first-order valence-corrected chi connectivity index (χ1v) is 11.6. The Morgan fingerprint density at radius 2 is 2.21 bits per heavy atom. The topological polar surface area (TPSA) is 108 Å². The van der Waals surface area contributed by atoms with E-state index < -0.39 is 0 Å². The first kappa shape index (κ1) is 23.8. The number of nitrogens with zero attached hydrogens (tertiary/aromatic N) is 5. The summed E-state index contributed by atoms with van der Waals surface area (Å²) in [4.78, 5) is 20.5. The maximum atomic E-state index is 9.80. The van der Waals surface area contributed by atoms with E-state index in [0.29, 0.717) is 35.6 Å². The van der Waals surface area contributed by atoms with Gasteiger partial charge in [0.15, 0.2) is 5.82 Å². The van der Waals surface area contributed by atoms with E-state index in [0.717, 1.165) is 33.2 Å². The number of ether oxygens (including phenoxy) is 1. The van der Waals surface area contributed by atoms with Gasteiger partial charge in [0.05, 0.1) is 35.0 Å². The van der Waals surface area contributed by atoms with Crippen molar-refractivity contribution in [3.63, 3.8) is 0 Å². The molecule has 3 N–H and O–H groups in total. The highest BCUT2D eigenvalue weighted by molar-refractivity contribution is 8.00. The van der Waals surface area contributed by atoms with Crippen LogP contribution >= 0.6 is 23.5 Å². The van der Waals surface area contributed by atoms with Crippen LogP contribution in [0.25, 0.3) is 6.08 Å². The Kier molecular flexibility index (Phi) is 7.51. The quantitative estimate of drug-likeness (QED) is 0.370. The highest BCUT2D eigenvalue weighted by Gasteiger charge is 2.28. The summed E-state index contributed by atoms with van der Waals surface area (Å²) in [6, 6.07) is 7.79. The molecule has 3 heterocycles. The summed E-state index contributed by atoms with van der Waals surface area (Å²) in [5, 5.41) is 13.3. The van der Waals surface area contributed by atoms with Crippen molar-refractivity contribution in [1.82, 2.24) is 15.0 Å². The number of β-amino-alcohol motifs (C(OH)–C–C–N with tert-alkyl or cyclic N) is 1. The molecular formula is C23H24ClN7O2S. The highest BCUT2D eigenvalue weighted by Crippen LogP contribution is 2.40. The Morgan fingerprint density at radius 1 is 1.35 bits per heavy atom. The first-order chi connectivity index (χ1) is 16.6. The maximum Gasteiger partial charge on any atom is 0.228 e. The number of halogens is 1. The summed E-state index contributed by atoms with van der Waals surface area (Å²) in [5.41, 5.74) is 3.61. The van der Waals surface area contributed by atoms with Crippen molar-refractivity contribution in [1.29, 1.82) is 0 Å². The third kappa shape index (κ3) is 4.93. The van der Waals surface area contributed by atoms with Crippen LogP contribution in [-0.2, 0) is 6.42 Å². The van der Waals surface area contributed by atoms with Gasteiger partial charge in [-0.2, -0.15) is 4.98 Å². The van der Waals surface area contributed by atoms with Crippen molar-refractivity contribution in [3.8, 4) is 5.88 Å². The molecule has 0 bridgehead atoms. The number of benzene rings is 1. The molecule has 1 aliphatic rings. The molecule has 176 valence electrons. The molecule has 4 rings (SSSR count). The number of amidine groups is 1. The van der Waals surface area contributed by atoms with E-state index in [1.54, 1.807) is 38.7 Å². The zero-order chi connectivity index (χ0) is 24.1. The SMILES string of the molecule is C=Cc1cnc(NC)nc1N=C1Cc2cccc(NSc3cc(Cl)cnc3OC)c2N1CCO. The van der Waals surface area contributed by atoms with Gasteiger partial charge in [0.2, 0.25) is 11.8 Å². The number of aromatic nitrogens is 3. The minimum Gasteiger partial charge on any atom is -0.480 e. The second kappa shape index (κ2) is 10.7. The summed E-state index contributed by atoms with van der Waals surface area (Å²) >= 11 is 7.47. The monoisotopic (exact) mass is 497 g/mol. The molecule has 0 saturated carbocycles. The molecule has 0 aliphatic carbocycles. The van der Waals surface area contributed by atoms with Gasteiger partial charge >= 0.3 is 0 Å². The van der Waals surface area contributed by atoms with Crippen LogP contribution in [0.1, 0.15) is 11.1 Å². The summed E-state index contributed by atoms with van der Waals surface area (Å²) < 4.78 is 8.73. The Balaban J connectivity index is 1.69. The molecule has 0 fully saturated rings. The van der Waals surface area contributed by atoms with Crippen molar-refractivity contribution in [2.75, 3.05) is 42.2 Å². The number of aliphatic imine (C=N–C) groups is 1. The average Bonchev–Trinajstić information content (AvgIpc) is 3.20. The molecule has 9 nitrogen and oxygen atoms in total. The van der Waals surface area contributed by atoms with Crippen molar-refractivity contribution in [3.05, 3.63) is 59.4 Å². The fourth-order valence-corrected chi connectivity index (χ4v) is 4.59. The number of anilines is 3. The van der Waals surface area contributed by atoms with Crippen LogP contribution in [0.5, 0.6) is 5.88 Å². The lowest BCUT2D eigenvalue weighted by atomic mass is 10.1. The van der Waals surface area contributed by atoms with Gasteiger partial charge in [-0.05, 0) is 29.6 Å². The summed E-state index contributed by atoms with van der Waals surface area (Å²) in [7, 11) is 3.32. The van der Waals surface area contributed by atoms with E-state index >= 15 is 0 Å². The number of hydrogen-bond acceptors (Lipinski definition) is 9. The van der Waals surface area contributed by atoms with Crippen molar-refractivity contribution < 1.29 is 9.84 Å². The lowest BCUT2D eigenvalue weighted by Gasteiger charge is -2.22. The van der Waals surface area contributed by atoms with E-state index in [9.17, 15) is 5.11 Å². The molecule has 0 saturated heterocycles. The standard InChI is InChI=1S/C23H24ClN7O2S/c1-4-14-12-27-23(25-2)29-21(14)28-19-10-15-6-5-7-17(20(15)31(19)8-9-32)30-34-18-11-16(24)13-26-22(18)33-3/h4-7,11-13,30,32H,1,8-10H2,2-3H3,(H,25,27,29). The molecule has 0 spiro atoms. The normalized spacial score (nSPS) is 13.6. The van der Waals surface area contributed by atoms with Crippen molar-refractivity contribution in [2.24, 2.45) is 4.99 Å². The van der Waals surface area contributed by atoms with Crippen LogP contribution in [0.3, 0.4) is 0 Å². The van der Waals surface area contributed by atoms with Crippen LogP contribution in [0.2, 0.25) is 5.02 Å². The Morgan fingerprint density at radius 3 is 2.94 bits per heavy atom. The Labute approximate surface area is 207 Å². The van der Waals surface area contributed by atoms with Gasteiger partial charge in [0, 0.05) is 38.0 Å². The Bertz CT molecular complexity index is 1240. The van der Waals surface area contributed by atoms with Gasteiger partial charge in [-0.15, -0.1) is 0 Å². The van der Waals surface area contributed by atoms with Crippen molar-refractivity contribution >= 4 is 58.6 Å². The second-order valence-corrected chi connectivity index (χ2v) is 8.47. The molecule has 11 heteroatoms. The molecule has 34 heavy (non-hydrogen) atoms. The summed E-state index contributed by atoms with van der Waals surface area (Å²) in [5.74, 6) is 2.23. The fourth-order valence-electron chi connectivity index (χ4n) is 3.57. The number of hydrogen-bond donors (Lipinski definition) is 3. The third-order valence-corrected chi connectivity index (χ3v) is 6.14. The molecule has 0 radical (unpaired) electrons. The lowest BCUT2D eigenvalue weighted by Crippen LogP contribution is -2.30. The Hall–Kier alpha value is -3.34. The van der Waals surface area contributed by atoms with E-state index in [1.165, 1.54) is 11.9 Å². The van der Waals surface area contributed by atoms with Crippen LogP contribution in [0.4, 0.5) is 23.1 Å². The highest BCUT2D eigenvalue weighted by atomic mass is 35.5. The number of rotatable bonds is 9. The minimum atomic E-state index is -0.0359. The number of para-hydroxylation sites is 1. The van der Waals surface area contributed by atoms with Gasteiger partial charge < -0.3 is 24.8 Å². The smallest absolute Gasteiger partial charge is 0.228 e. The minimum absolute atomic E-state index is 0.0359. The van der Waals surface area contributed by atoms with Gasteiger partial charge in [0.1, 0.15) is 5.84 Å². The van der Waals surface area contributed by atoms with E-state index in [2.05, 4.69) is 31.6 Å². The number of nitrogens with one attached hydrogen (secondary N) is 2. The van der Waals surface area contributed by atoms with E-state index in [4.69, 9.17) is 21.3 Å². The molecule has 0 atom stereocenters. The number of pyridine rings is 1. The summed E-state index contributed by atoms with van der Waals surface area (Å²) in [6.45, 7) is 4.19. The predicted octanol–water partition coefficient (Wildman–Crippen LogP) is 4.42. The van der Waals surface area contributed by atoms with Crippen LogP contribution < -0.4 is 19.7 Å². The average molecular weight is 498 g/mol. The maximum absolute atomic E-state index is 9.80. The van der Waals surface area contributed by atoms with Gasteiger partial charge in [-0.3, -0.25) is 0 Å². The molecular weight excluding hydrogens is 474 g/mol. The largest absolute Gasteiger partial charge is 0.480 e. The zero-order valence-corrected chi connectivity index (χ0v) is 20.3. The fraction of sp³-hybridized carbons (Fsp3) is 0.217. The molecule has 1 aliphatic heterocycles. The zero-order valence-electron chi connectivity index (χ0n) is 18.7. The molecule has 2 aromatic heterocycles. The summed E-state index contributed by atoms with van der Waals surface area (Å²) in [6.07, 6.45) is 5.49. The van der Waals surface area contributed by atoms with Gasteiger partial charge in [-0.1, -0.05) is 36.4 Å². The third-order valence-electron chi connectivity index (χ3n) is 5.10. The number of methoxy groups -OCH3 is 1. The first-order valence-electron chi connectivity index (χ1n) is 10.5. The van der Waals surface area contributed by atoms with Crippen LogP contribution in [-0.4, -0.2) is 53.2 Å². The molecule has 1 aromatic carbocycles. The van der Waals surface area contributed by atoms with E-state index in [1.807, 2.05) is 23.1 Å². The molecule has 3 aromatic rings. The predicted molar refractivity (Wildman–Crippen MR) is 139 cm³/mol.